The quantitative estimate of drug-likeness (QED) is 0.541. The first-order valence-electron chi connectivity index (χ1n) is 5.33. The van der Waals surface area contributed by atoms with Crippen LogP contribution in [0.4, 0.5) is 0 Å². The number of hydrogen-bond acceptors (Lipinski definition) is 2. The third-order valence-corrected chi connectivity index (χ3v) is 3.28. The molecular weight excluding hydrogens is 226 g/mol. The summed E-state index contributed by atoms with van der Waals surface area (Å²) in [6, 6.07) is 14.1. The van der Waals surface area contributed by atoms with Crippen LogP contribution in [0.3, 0.4) is 0 Å². The predicted molar refractivity (Wildman–Crippen MR) is 72.0 cm³/mol. The molecule has 3 rings (SSSR count). The summed E-state index contributed by atoms with van der Waals surface area (Å²) < 4.78 is 0. The van der Waals surface area contributed by atoms with Gasteiger partial charge >= 0.3 is 0 Å². The van der Waals surface area contributed by atoms with Crippen LogP contribution < -0.4 is 0 Å². The molecule has 1 aromatic carbocycles. The fraction of sp³-hybridized carbons (Fsp3) is 0. The molecule has 80 valence electrons. The van der Waals surface area contributed by atoms with Crippen LogP contribution in [0.15, 0.2) is 54.0 Å². The van der Waals surface area contributed by atoms with Gasteiger partial charge in [0.15, 0.2) is 0 Å². The SMILES string of the molecule is C(#Cc1ccnc2ccccc12)c1cccs1. The lowest BCUT2D eigenvalue weighted by atomic mass is 10.1. The zero-order valence-electron chi connectivity index (χ0n) is 9.05. The van der Waals surface area contributed by atoms with Gasteiger partial charge in [0.05, 0.1) is 10.4 Å². The first-order valence-corrected chi connectivity index (χ1v) is 6.21. The molecule has 0 bridgehead atoms. The number of benzene rings is 1. The molecule has 3 aromatic rings. The summed E-state index contributed by atoms with van der Waals surface area (Å²) in [7, 11) is 0. The monoisotopic (exact) mass is 235 g/mol. The lowest BCUT2D eigenvalue weighted by molar-refractivity contribution is 1.40. The molecule has 0 aliphatic rings. The van der Waals surface area contributed by atoms with Crippen molar-refractivity contribution in [3.63, 3.8) is 0 Å². The van der Waals surface area contributed by atoms with Gasteiger partial charge in [-0.25, -0.2) is 0 Å². The molecule has 17 heavy (non-hydrogen) atoms. The van der Waals surface area contributed by atoms with Crippen molar-refractivity contribution in [3.8, 4) is 11.8 Å². The molecule has 0 radical (unpaired) electrons. The molecule has 0 saturated carbocycles. The van der Waals surface area contributed by atoms with Crippen LogP contribution in [-0.4, -0.2) is 4.98 Å². The highest BCUT2D eigenvalue weighted by Crippen LogP contribution is 2.15. The van der Waals surface area contributed by atoms with Crippen molar-refractivity contribution >= 4 is 22.2 Å². The maximum Gasteiger partial charge on any atom is 0.0772 e. The fourth-order valence-electron chi connectivity index (χ4n) is 1.68. The second-order valence-electron chi connectivity index (χ2n) is 3.60. The van der Waals surface area contributed by atoms with Crippen LogP contribution in [0.2, 0.25) is 0 Å². The Morgan fingerprint density at radius 1 is 0.941 bits per heavy atom. The fourth-order valence-corrected chi connectivity index (χ4v) is 2.25. The highest BCUT2D eigenvalue weighted by molar-refractivity contribution is 7.10. The number of hydrogen-bond donors (Lipinski definition) is 0. The summed E-state index contributed by atoms with van der Waals surface area (Å²) in [4.78, 5) is 5.41. The lowest BCUT2D eigenvalue weighted by Gasteiger charge is -1.98. The molecule has 0 amide bonds. The second-order valence-corrected chi connectivity index (χ2v) is 4.55. The molecule has 0 aliphatic heterocycles. The lowest BCUT2D eigenvalue weighted by Crippen LogP contribution is -1.82. The topological polar surface area (TPSA) is 12.9 Å². The van der Waals surface area contributed by atoms with Crippen LogP contribution in [0.1, 0.15) is 10.4 Å². The van der Waals surface area contributed by atoms with Crippen LogP contribution in [-0.2, 0) is 0 Å². The van der Waals surface area contributed by atoms with Crippen LogP contribution >= 0.6 is 11.3 Å². The van der Waals surface area contributed by atoms with Gasteiger partial charge in [-0.2, -0.15) is 0 Å². The Hall–Kier alpha value is -2.11. The summed E-state index contributed by atoms with van der Waals surface area (Å²) in [5, 5.41) is 3.15. The van der Waals surface area contributed by atoms with E-state index in [1.807, 2.05) is 41.8 Å². The smallest absolute Gasteiger partial charge is 0.0772 e. The molecular formula is C15H9NS. The van der Waals surface area contributed by atoms with Gasteiger partial charge in [0.2, 0.25) is 0 Å². The maximum absolute atomic E-state index is 4.32. The molecule has 1 nitrogen and oxygen atoms in total. The van der Waals surface area contributed by atoms with Crippen molar-refractivity contribution in [3.05, 3.63) is 64.5 Å². The van der Waals surface area contributed by atoms with E-state index in [0.29, 0.717) is 0 Å². The van der Waals surface area contributed by atoms with E-state index in [0.717, 1.165) is 21.3 Å². The second kappa shape index (κ2) is 4.40. The molecule has 0 aliphatic carbocycles. The third-order valence-electron chi connectivity index (χ3n) is 2.49. The van der Waals surface area contributed by atoms with Gasteiger partial charge in [0.1, 0.15) is 0 Å². The predicted octanol–water partition coefficient (Wildman–Crippen LogP) is 3.70. The molecule has 0 saturated heterocycles. The van der Waals surface area contributed by atoms with Crippen molar-refractivity contribution in [2.24, 2.45) is 0 Å². The molecule has 2 heterocycles. The Morgan fingerprint density at radius 2 is 1.88 bits per heavy atom. The van der Waals surface area contributed by atoms with E-state index in [1.165, 1.54) is 0 Å². The van der Waals surface area contributed by atoms with Gasteiger partial charge in [0, 0.05) is 17.1 Å². The van der Waals surface area contributed by atoms with E-state index >= 15 is 0 Å². The highest BCUT2D eigenvalue weighted by atomic mass is 32.1. The summed E-state index contributed by atoms with van der Waals surface area (Å²) in [5.74, 6) is 6.38. The van der Waals surface area contributed by atoms with E-state index in [-0.39, 0.29) is 0 Å². The Labute approximate surface area is 104 Å². The van der Waals surface area contributed by atoms with E-state index < -0.39 is 0 Å². The van der Waals surface area contributed by atoms with E-state index in [2.05, 4.69) is 22.9 Å². The van der Waals surface area contributed by atoms with E-state index in [1.54, 1.807) is 17.5 Å². The maximum atomic E-state index is 4.32. The van der Waals surface area contributed by atoms with Gasteiger partial charge in [-0.1, -0.05) is 36.1 Å². The van der Waals surface area contributed by atoms with Crippen LogP contribution in [0, 0.1) is 11.8 Å². The summed E-state index contributed by atoms with van der Waals surface area (Å²) in [6.07, 6.45) is 1.81. The van der Waals surface area contributed by atoms with Crippen molar-refractivity contribution in [2.75, 3.05) is 0 Å². The zero-order valence-corrected chi connectivity index (χ0v) is 9.87. The molecule has 0 spiro atoms. The Kier molecular flexibility index (Phi) is 2.61. The third kappa shape index (κ3) is 2.06. The highest BCUT2D eigenvalue weighted by Gasteiger charge is 1.97. The first-order chi connectivity index (χ1) is 8.43. The number of pyridine rings is 1. The zero-order chi connectivity index (χ0) is 11.5. The minimum absolute atomic E-state index is 0.991. The van der Waals surface area contributed by atoms with Crippen molar-refractivity contribution in [1.29, 1.82) is 0 Å². The average Bonchev–Trinajstić information content (AvgIpc) is 2.89. The Balaban J connectivity index is 2.12. The van der Waals surface area contributed by atoms with Gasteiger partial charge < -0.3 is 0 Å². The standard InChI is InChI=1S/C15H9NS/c1-2-6-15-14(5-1)12(9-10-16-15)7-8-13-4-3-11-17-13/h1-6,9-11H. The van der Waals surface area contributed by atoms with Gasteiger partial charge in [-0.15, -0.1) is 11.3 Å². The number of para-hydroxylation sites is 1. The van der Waals surface area contributed by atoms with Crippen molar-refractivity contribution in [1.82, 2.24) is 4.98 Å². The number of fused-ring (bicyclic) bond motifs is 1. The van der Waals surface area contributed by atoms with Gasteiger partial charge in [0.25, 0.3) is 0 Å². The average molecular weight is 235 g/mol. The Bertz CT molecular complexity index is 697. The van der Waals surface area contributed by atoms with Crippen molar-refractivity contribution in [2.45, 2.75) is 0 Å². The van der Waals surface area contributed by atoms with Crippen LogP contribution in [0.5, 0.6) is 0 Å². The number of rotatable bonds is 0. The first kappa shape index (κ1) is 10.1. The van der Waals surface area contributed by atoms with Crippen LogP contribution in [0.25, 0.3) is 10.9 Å². The summed E-state index contributed by atoms with van der Waals surface area (Å²) >= 11 is 1.66. The molecule has 0 atom stereocenters. The molecule has 0 fully saturated rings. The summed E-state index contributed by atoms with van der Waals surface area (Å²) in [5.41, 5.74) is 2.02. The number of aromatic nitrogens is 1. The minimum atomic E-state index is 0.991. The van der Waals surface area contributed by atoms with E-state index in [9.17, 15) is 0 Å². The van der Waals surface area contributed by atoms with Gasteiger partial charge in [-0.3, -0.25) is 4.98 Å². The summed E-state index contributed by atoms with van der Waals surface area (Å²) in [6.45, 7) is 0. The number of thiophene rings is 1. The molecule has 2 heteroatoms. The largest absolute Gasteiger partial charge is 0.256 e. The normalized spacial score (nSPS) is 9.88. The number of nitrogens with zero attached hydrogens (tertiary/aromatic N) is 1. The Morgan fingerprint density at radius 3 is 2.76 bits per heavy atom. The molecule has 2 aromatic heterocycles. The van der Waals surface area contributed by atoms with Crippen molar-refractivity contribution < 1.29 is 0 Å². The van der Waals surface area contributed by atoms with E-state index in [4.69, 9.17) is 0 Å². The molecule has 0 N–H and O–H groups in total. The minimum Gasteiger partial charge on any atom is -0.256 e. The van der Waals surface area contributed by atoms with Gasteiger partial charge in [-0.05, 0) is 23.6 Å². The molecule has 0 unspecified atom stereocenters.